The van der Waals surface area contributed by atoms with Gasteiger partial charge >= 0.3 is 0 Å². The Morgan fingerprint density at radius 2 is 1.84 bits per heavy atom. The van der Waals surface area contributed by atoms with E-state index in [0.717, 1.165) is 25.7 Å². The maximum atomic E-state index is 13.4. The van der Waals surface area contributed by atoms with Crippen molar-refractivity contribution in [3.8, 4) is 0 Å². The fourth-order valence-corrected chi connectivity index (χ4v) is 9.45. The third-order valence-corrected chi connectivity index (χ3v) is 10.5. The molecular formula is C27H43NO2S. The van der Waals surface area contributed by atoms with E-state index in [1.807, 2.05) is 6.08 Å². The number of rotatable bonds is 3. The van der Waals surface area contributed by atoms with E-state index in [9.17, 15) is 9.59 Å². The summed E-state index contributed by atoms with van der Waals surface area (Å²) in [5.74, 6) is 2.41. The zero-order valence-electron chi connectivity index (χ0n) is 20.7. The summed E-state index contributed by atoms with van der Waals surface area (Å²) in [4.78, 5) is 25.4. The zero-order valence-corrected chi connectivity index (χ0v) is 21.5. The first-order chi connectivity index (χ1) is 14.2. The number of fused-ring (bicyclic) bond motifs is 5. The second kappa shape index (κ2) is 7.64. The van der Waals surface area contributed by atoms with Crippen molar-refractivity contribution < 1.29 is 9.59 Å². The summed E-state index contributed by atoms with van der Waals surface area (Å²) < 4.78 is 0. The molecule has 7 atom stereocenters. The molecule has 0 aromatic rings. The highest BCUT2D eigenvalue weighted by Gasteiger charge is 2.59. The van der Waals surface area contributed by atoms with E-state index in [4.69, 9.17) is 0 Å². The molecule has 4 aliphatic rings. The maximum absolute atomic E-state index is 13.4. The molecule has 1 heterocycles. The average Bonchev–Trinajstić information content (AvgIpc) is 2.98. The highest BCUT2D eigenvalue weighted by atomic mass is 32.2. The molecule has 31 heavy (non-hydrogen) atoms. The number of allylic oxidation sites excluding steroid dienone is 1. The molecule has 3 fully saturated rings. The number of carbonyl (C=O) groups is 2. The van der Waals surface area contributed by atoms with Crippen molar-refractivity contribution in [1.29, 1.82) is 0 Å². The number of carbonyl (C=O) groups excluding carboxylic acids is 2. The summed E-state index contributed by atoms with van der Waals surface area (Å²) in [6, 6.07) is 0. The summed E-state index contributed by atoms with van der Waals surface area (Å²) in [7, 11) is 0. The lowest BCUT2D eigenvalue weighted by Gasteiger charge is -2.57. The van der Waals surface area contributed by atoms with Gasteiger partial charge in [-0.2, -0.15) is 0 Å². The molecule has 174 valence electrons. The first-order valence-electron chi connectivity index (χ1n) is 12.4. The smallest absolute Gasteiger partial charge is 0.223 e. The van der Waals surface area contributed by atoms with Crippen LogP contribution >= 0.6 is 11.8 Å². The molecule has 1 amide bonds. The quantitative estimate of drug-likeness (QED) is 0.548. The summed E-state index contributed by atoms with van der Waals surface area (Å²) in [6.45, 7) is 15.9. The predicted octanol–water partition coefficient (Wildman–Crippen LogP) is 6.37. The van der Waals surface area contributed by atoms with Crippen molar-refractivity contribution >= 4 is 22.8 Å². The van der Waals surface area contributed by atoms with Gasteiger partial charge in [-0.25, -0.2) is 0 Å². The molecule has 0 bridgehead atoms. The van der Waals surface area contributed by atoms with E-state index < -0.39 is 0 Å². The van der Waals surface area contributed by atoms with Crippen LogP contribution in [0.5, 0.6) is 0 Å². The van der Waals surface area contributed by atoms with Crippen LogP contribution in [0.15, 0.2) is 12.2 Å². The van der Waals surface area contributed by atoms with Gasteiger partial charge < -0.3 is 5.32 Å². The van der Waals surface area contributed by atoms with Crippen molar-refractivity contribution in [2.24, 2.45) is 39.9 Å². The minimum Gasteiger partial charge on any atom is -0.351 e. The van der Waals surface area contributed by atoms with Gasteiger partial charge in [-0.05, 0) is 93.5 Å². The van der Waals surface area contributed by atoms with Crippen LogP contribution in [0.4, 0.5) is 0 Å². The number of thioether (sulfide) groups is 1. The van der Waals surface area contributed by atoms with Crippen molar-refractivity contribution in [3.05, 3.63) is 12.2 Å². The molecule has 0 aromatic carbocycles. The maximum Gasteiger partial charge on any atom is 0.223 e. The van der Waals surface area contributed by atoms with Gasteiger partial charge in [0.05, 0.1) is 0 Å². The topological polar surface area (TPSA) is 46.2 Å². The minimum absolute atomic E-state index is 0.137. The van der Waals surface area contributed by atoms with Crippen LogP contribution in [0.25, 0.3) is 0 Å². The fraction of sp³-hybridized carbons (Fsp3) is 0.852. The second-order valence-electron chi connectivity index (χ2n) is 13.5. The third-order valence-electron chi connectivity index (χ3n) is 9.10. The number of hydrogen-bond donors (Lipinski definition) is 1. The first-order valence-corrected chi connectivity index (χ1v) is 13.3. The average molecular weight is 446 g/mol. The van der Waals surface area contributed by atoms with Gasteiger partial charge in [0.25, 0.3) is 0 Å². The first kappa shape index (κ1) is 23.4. The van der Waals surface area contributed by atoms with E-state index in [1.54, 1.807) is 11.8 Å². The predicted molar refractivity (Wildman–Crippen MR) is 130 cm³/mol. The standard InChI is InChI=1S/C27H43NO2S/c1-24(2,3)16-25(4,5)28-23(30)17-14-20-18-8-9-21-27(7,13-11-22(29)31-21)19(18)10-12-26(20,6)15-17/h11,13,17-21H,8-10,12,14-16H2,1-7H3,(H,28,30)/t17?,18-,19-,20+,21?,26-,27-/m1/s1. The molecule has 0 aromatic heterocycles. The Hall–Kier alpha value is -0.770. The van der Waals surface area contributed by atoms with Gasteiger partial charge in [-0.1, -0.05) is 52.5 Å². The van der Waals surface area contributed by atoms with Crippen molar-refractivity contribution in [1.82, 2.24) is 5.32 Å². The van der Waals surface area contributed by atoms with Gasteiger partial charge in [0.1, 0.15) is 0 Å². The normalized spacial score (nSPS) is 42.5. The lowest BCUT2D eigenvalue weighted by molar-refractivity contribution is -0.127. The van der Waals surface area contributed by atoms with Gasteiger partial charge in [0, 0.05) is 22.1 Å². The Morgan fingerprint density at radius 3 is 2.52 bits per heavy atom. The molecule has 1 N–H and O–H groups in total. The lowest BCUT2D eigenvalue weighted by Crippen LogP contribution is -2.52. The number of amides is 1. The van der Waals surface area contributed by atoms with Crippen LogP contribution < -0.4 is 5.32 Å². The van der Waals surface area contributed by atoms with Crippen molar-refractivity contribution in [2.75, 3.05) is 0 Å². The van der Waals surface area contributed by atoms with Crippen molar-refractivity contribution in [3.63, 3.8) is 0 Å². The van der Waals surface area contributed by atoms with Crippen molar-refractivity contribution in [2.45, 2.75) is 104 Å². The molecule has 3 saturated carbocycles. The molecule has 0 spiro atoms. The highest BCUT2D eigenvalue weighted by molar-refractivity contribution is 8.14. The van der Waals surface area contributed by atoms with E-state index in [1.165, 1.54) is 19.3 Å². The molecule has 4 heteroatoms. The number of hydrogen-bond acceptors (Lipinski definition) is 3. The Morgan fingerprint density at radius 1 is 1.13 bits per heavy atom. The van der Waals surface area contributed by atoms with Crippen LogP contribution in [0.3, 0.4) is 0 Å². The van der Waals surface area contributed by atoms with Gasteiger partial charge in [-0.15, -0.1) is 0 Å². The summed E-state index contributed by atoms with van der Waals surface area (Å²) >= 11 is 1.58. The van der Waals surface area contributed by atoms with Gasteiger partial charge in [0.15, 0.2) is 0 Å². The molecule has 1 aliphatic heterocycles. The van der Waals surface area contributed by atoms with Crippen LogP contribution in [-0.2, 0) is 9.59 Å². The minimum atomic E-state index is -0.172. The Bertz CT molecular complexity index is 781. The highest BCUT2D eigenvalue weighted by Crippen LogP contribution is 2.65. The monoisotopic (exact) mass is 445 g/mol. The van der Waals surface area contributed by atoms with Crippen LogP contribution in [-0.4, -0.2) is 21.8 Å². The van der Waals surface area contributed by atoms with Crippen LogP contribution in [0.2, 0.25) is 0 Å². The summed E-state index contributed by atoms with van der Waals surface area (Å²) in [5.41, 5.74) is 0.453. The SMILES string of the molecule is CC(C)(C)CC(C)(C)NC(=O)C1C[C@H]2[C@@H]3CCC4SC(=O)C=C[C@]4(C)[C@@H]3CC[C@]2(C)C1. The molecule has 3 nitrogen and oxygen atoms in total. The summed E-state index contributed by atoms with van der Waals surface area (Å²) in [5, 5.41) is 4.09. The van der Waals surface area contributed by atoms with Gasteiger partial charge in [-0.3, -0.25) is 9.59 Å². The Kier molecular flexibility index (Phi) is 5.76. The molecule has 2 unspecified atom stereocenters. The molecule has 4 rings (SSSR count). The van der Waals surface area contributed by atoms with Crippen LogP contribution in [0.1, 0.15) is 93.4 Å². The van der Waals surface area contributed by atoms with Gasteiger partial charge in [0.2, 0.25) is 11.0 Å². The largest absolute Gasteiger partial charge is 0.351 e. The molecule has 3 aliphatic carbocycles. The zero-order chi connectivity index (χ0) is 22.8. The molecule has 0 radical (unpaired) electrons. The molecular weight excluding hydrogens is 402 g/mol. The lowest BCUT2D eigenvalue weighted by atomic mass is 9.50. The molecule has 0 saturated heterocycles. The van der Waals surface area contributed by atoms with E-state index >= 15 is 0 Å². The second-order valence-corrected chi connectivity index (χ2v) is 14.7. The van der Waals surface area contributed by atoms with Crippen LogP contribution in [0, 0.1) is 39.9 Å². The number of nitrogens with one attached hydrogen (secondary N) is 1. The van der Waals surface area contributed by atoms with E-state index in [2.05, 4.69) is 59.9 Å². The fourth-order valence-electron chi connectivity index (χ4n) is 8.26. The Labute approximate surface area is 194 Å². The third kappa shape index (κ3) is 4.39. The van der Waals surface area contributed by atoms with E-state index in [-0.39, 0.29) is 33.3 Å². The Balaban J connectivity index is 1.49. The summed E-state index contributed by atoms with van der Waals surface area (Å²) in [6.07, 6.45) is 12.0. The van der Waals surface area contributed by atoms with E-state index in [0.29, 0.717) is 28.4 Å².